The largest absolute Gasteiger partial charge is 0.335 e. The lowest BCUT2D eigenvalue weighted by molar-refractivity contribution is 0.599. The van der Waals surface area contributed by atoms with Crippen LogP contribution in [0, 0.1) is 5.92 Å². The maximum Gasteiger partial charge on any atom is 0.280 e. The molecule has 2 aromatic heterocycles. The first kappa shape index (κ1) is 12.7. The zero-order valence-electron chi connectivity index (χ0n) is 11.4. The summed E-state index contributed by atoms with van der Waals surface area (Å²) in [5, 5.41) is 0.773. The Morgan fingerprint density at radius 3 is 2.84 bits per heavy atom. The summed E-state index contributed by atoms with van der Waals surface area (Å²) in [7, 11) is 0. The van der Waals surface area contributed by atoms with Crippen molar-refractivity contribution >= 4 is 21.6 Å². The molecule has 5 heteroatoms. The van der Waals surface area contributed by atoms with E-state index in [1.165, 1.54) is 21.5 Å². The first-order valence-electron chi connectivity index (χ1n) is 6.89. The van der Waals surface area contributed by atoms with Crippen LogP contribution in [-0.4, -0.2) is 9.66 Å². The number of aromatic nitrogens is 2. The summed E-state index contributed by atoms with van der Waals surface area (Å²) in [6.07, 6.45) is 5.20. The number of thiophene rings is 1. The quantitative estimate of drug-likeness (QED) is 0.856. The van der Waals surface area contributed by atoms with E-state index in [1.807, 2.05) is 0 Å². The molecule has 2 aromatic rings. The molecule has 0 aliphatic heterocycles. The van der Waals surface area contributed by atoms with Gasteiger partial charge in [-0.05, 0) is 37.2 Å². The maximum atomic E-state index is 12.5. The van der Waals surface area contributed by atoms with E-state index in [1.54, 1.807) is 11.3 Å². The van der Waals surface area contributed by atoms with Gasteiger partial charge in [-0.15, -0.1) is 11.3 Å². The first-order valence-corrected chi connectivity index (χ1v) is 7.71. The zero-order valence-corrected chi connectivity index (χ0v) is 12.2. The summed E-state index contributed by atoms with van der Waals surface area (Å²) in [6, 6.07) is 0. The molecule has 0 amide bonds. The molecule has 2 heterocycles. The van der Waals surface area contributed by atoms with Gasteiger partial charge in [-0.2, -0.15) is 0 Å². The molecule has 2 N–H and O–H groups in total. The fourth-order valence-electron chi connectivity index (χ4n) is 2.77. The van der Waals surface area contributed by atoms with Crippen molar-refractivity contribution in [3.05, 3.63) is 26.6 Å². The Morgan fingerprint density at radius 2 is 2.11 bits per heavy atom. The summed E-state index contributed by atoms with van der Waals surface area (Å²) < 4.78 is 1.25. The minimum atomic E-state index is -0.0694. The Bertz CT molecular complexity index is 684. The Kier molecular flexibility index (Phi) is 3.09. The van der Waals surface area contributed by atoms with Crippen molar-refractivity contribution < 1.29 is 0 Å². The molecule has 0 saturated heterocycles. The van der Waals surface area contributed by atoms with Crippen molar-refractivity contribution in [2.75, 3.05) is 5.84 Å². The van der Waals surface area contributed by atoms with E-state index in [0.717, 1.165) is 35.9 Å². The number of hydrogen-bond acceptors (Lipinski definition) is 4. The monoisotopic (exact) mass is 277 g/mol. The highest BCUT2D eigenvalue weighted by Gasteiger charge is 2.21. The first-order chi connectivity index (χ1) is 9.08. The Labute approximate surface area is 116 Å². The van der Waals surface area contributed by atoms with Crippen LogP contribution in [-0.2, 0) is 19.3 Å². The molecule has 0 atom stereocenters. The van der Waals surface area contributed by atoms with Crippen LogP contribution in [0.15, 0.2) is 4.79 Å². The minimum absolute atomic E-state index is 0.0694. The molecule has 3 rings (SSSR count). The van der Waals surface area contributed by atoms with E-state index in [9.17, 15) is 4.79 Å². The number of fused-ring (bicyclic) bond motifs is 3. The molecule has 0 radical (unpaired) electrons. The highest BCUT2D eigenvalue weighted by molar-refractivity contribution is 7.18. The third-order valence-corrected chi connectivity index (χ3v) is 4.87. The normalized spacial score (nSPS) is 15.1. The van der Waals surface area contributed by atoms with Gasteiger partial charge in [0, 0.05) is 11.3 Å². The lowest BCUT2D eigenvalue weighted by atomic mass is 9.97. The van der Waals surface area contributed by atoms with Gasteiger partial charge in [0.05, 0.1) is 5.39 Å². The van der Waals surface area contributed by atoms with Gasteiger partial charge in [-0.3, -0.25) is 4.79 Å². The molecule has 0 fully saturated rings. The average molecular weight is 277 g/mol. The Hall–Kier alpha value is -1.36. The van der Waals surface area contributed by atoms with E-state index in [4.69, 9.17) is 5.84 Å². The zero-order chi connectivity index (χ0) is 13.6. The van der Waals surface area contributed by atoms with Crippen molar-refractivity contribution in [1.29, 1.82) is 0 Å². The molecule has 0 saturated carbocycles. The van der Waals surface area contributed by atoms with Gasteiger partial charge in [-0.1, -0.05) is 13.8 Å². The molecule has 1 aliphatic carbocycles. The predicted octanol–water partition coefficient (Wildman–Crippen LogP) is 2.25. The van der Waals surface area contributed by atoms with Gasteiger partial charge in [-0.25, -0.2) is 9.66 Å². The summed E-state index contributed by atoms with van der Waals surface area (Å²) in [6.45, 7) is 4.21. The maximum absolute atomic E-state index is 12.5. The van der Waals surface area contributed by atoms with Crippen molar-refractivity contribution in [3.8, 4) is 0 Å². The Balaban J connectivity index is 2.25. The van der Waals surface area contributed by atoms with Crippen LogP contribution in [0.1, 0.15) is 43.0 Å². The predicted molar refractivity (Wildman–Crippen MR) is 79.2 cm³/mol. The molecular weight excluding hydrogens is 258 g/mol. The van der Waals surface area contributed by atoms with E-state index in [2.05, 4.69) is 18.8 Å². The molecule has 4 nitrogen and oxygen atoms in total. The SMILES string of the molecule is CC(C)Cc1nc2sc3c(c2c(=O)n1N)CCCC3. The molecule has 1 aliphatic rings. The lowest BCUT2D eigenvalue weighted by Gasteiger charge is -2.11. The van der Waals surface area contributed by atoms with Gasteiger partial charge in [0.25, 0.3) is 5.56 Å². The molecule has 0 unspecified atom stereocenters. The van der Waals surface area contributed by atoms with E-state index >= 15 is 0 Å². The van der Waals surface area contributed by atoms with Crippen molar-refractivity contribution in [3.63, 3.8) is 0 Å². The van der Waals surface area contributed by atoms with Gasteiger partial charge in [0.15, 0.2) is 0 Å². The van der Waals surface area contributed by atoms with Gasteiger partial charge >= 0.3 is 0 Å². The fraction of sp³-hybridized carbons (Fsp3) is 0.571. The smallest absolute Gasteiger partial charge is 0.280 e. The van der Waals surface area contributed by atoms with Crippen molar-refractivity contribution in [2.45, 2.75) is 46.0 Å². The van der Waals surface area contributed by atoms with Crippen LogP contribution in [0.5, 0.6) is 0 Å². The lowest BCUT2D eigenvalue weighted by Crippen LogP contribution is -2.32. The van der Waals surface area contributed by atoms with Crippen LogP contribution in [0.3, 0.4) is 0 Å². The number of nitrogen functional groups attached to an aromatic ring is 1. The van der Waals surface area contributed by atoms with Gasteiger partial charge in [0.2, 0.25) is 0 Å². The third-order valence-electron chi connectivity index (χ3n) is 3.68. The second kappa shape index (κ2) is 4.63. The van der Waals surface area contributed by atoms with E-state index in [0.29, 0.717) is 11.7 Å². The second-order valence-electron chi connectivity index (χ2n) is 5.69. The molecule has 0 spiro atoms. The Morgan fingerprint density at radius 1 is 1.37 bits per heavy atom. The summed E-state index contributed by atoms with van der Waals surface area (Å²) in [5.41, 5.74) is 1.14. The number of rotatable bonds is 2. The van der Waals surface area contributed by atoms with Gasteiger partial charge in [0.1, 0.15) is 10.7 Å². The number of aryl methyl sites for hydroxylation is 2. The fourth-order valence-corrected chi connectivity index (χ4v) is 4.04. The van der Waals surface area contributed by atoms with Crippen LogP contribution in [0.4, 0.5) is 0 Å². The summed E-state index contributed by atoms with van der Waals surface area (Å²) >= 11 is 1.68. The topological polar surface area (TPSA) is 60.9 Å². The third kappa shape index (κ3) is 2.06. The number of nitrogens with two attached hydrogens (primary N) is 1. The molecule has 0 bridgehead atoms. The summed E-state index contributed by atoms with van der Waals surface area (Å²) in [4.78, 5) is 19.3. The highest BCUT2D eigenvalue weighted by Crippen LogP contribution is 2.33. The summed E-state index contributed by atoms with van der Waals surface area (Å²) in [5.74, 6) is 7.07. The number of nitrogens with zero attached hydrogens (tertiary/aromatic N) is 2. The minimum Gasteiger partial charge on any atom is -0.335 e. The van der Waals surface area contributed by atoms with E-state index < -0.39 is 0 Å². The standard InChI is InChI=1S/C14H19N3OS/c1-8(2)7-11-16-13-12(14(18)17(11)15)9-5-3-4-6-10(9)19-13/h8H,3-7,15H2,1-2H3. The van der Waals surface area contributed by atoms with Crippen LogP contribution in [0.25, 0.3) is 10.2 Å². The van der Waals surface area contributed by atoms with Gasteiger partial charge < -0.3 is 5.84 Å². The van der Waals surface area contributed by atoms with Crippen molar-refractivity contribution in [1.82, 2.24) is 9.66 Å². The molecule has 19 heavy (non-hydrogen) atoms. The van der Waals surface area contributed by atoms with Crippen LogP contribution in [0.2, 0.25) is 0 Å². The molecule has 0 aromatic carbocycles. The number of hydrogen-bond donors (Lipinski definition) is 1. The van der Waals surface area contributed by atoms with Crippen LogP contribution < -0.4 is 11.4 Å². The average Bonchev–Trinajstić information content (AvgIpc) is 2.73. The highest BCUT2D eigenvalue weighted by atomic mass is 32.1. The second-order valence-corrected chi connectivity index (χ2v) is 6.78. The van der Waals surface area contributed by atoms with Crippen LogP contribution >= 0.6 is 11.3 Å². The van der Waals surface area contributed by atoms with E-state index in [-0.39, 0.29) is 5.56 Å². The van der Waals surface area contributed by atoms with Crippen molar-refractivity contribution in [2.24, 2.45) is 5.92 Å². The molecular formula is C14H19N3OS. The molecule has 102 valence electrons.